The first kappa shape index (κ1) is 11.9. The fourth-order valence-electron chi connectivity index (χ4n) is 3.51. The number of imide groups is 1. The molecule has 2 aliphatic carbocycles. The Bertz CT molecular complexity index is 412. The van der Waals surface area contributed by atoms with Gasteiger partial charge in [-0.25, -0.2) is 0 Å². The number of β-amino-alcohol motifs (C(OH)–C–C–N with tert-alkyl or cyclic N) is 1. The van der Waals surface area contributed by atoms with Crippen molar-refractivity contribution in [2.45, 2.75) is 18.9 Å². The highest BCUT2D eigenvalue weighted by Crippen LogP contribution is 2.52. The SMILES string of the molecule is CC(O)(CO)CN1C(=O)C2C3C=CC(C3)C2C1=O. The topological polar surface area (TPSA) is 77.8 Å². The summed E-state index contributed by atoms with van der Waals surface area (Å²) in [5, 5.41) is 18.9. The van der Waals surface area contributed by atoms with Crippen LogP contribution >= 0.6 is 0 Å². The molecule has 2 bridgehead atoms. The largest absolute Gasteiger partial charge is 0.393 e. The van der Waals surface area contributed by atoms with Crippen LogP contribution in [0.15, 0.2) is 12.2 Å². The highest BCUT2D eigenvalue weighted by Gasteiger charge is 2.59. The van der Waals surface area contributed by atoms with Crippen LogP contribution in [0.3, 0.4) is 0 Å². The van der Waals surface area contributed by atoms with E-state index >= 15 is 0 Å². The maximum atomic E-state index is 12.3. The van der Waals surface area contributed by atoms with Crippen LogP contribution in [0.25, 0.3) is 0 Å². The van der Waals surface area contributed by atoms with Gasteiger partial charge in [0, 0.05) is 0 Å². The maximum absolute atomic E-state index is 12.3. The third-order valence-electron chi connectivity index (χ3n) is 4.40. The second-order valence-electron chi connectivity index (χ2n) is 5.92. The third kappa shape index (κ3) is 1.47. The van der Waals surface area contributed by atoms with Gasteiger partial charge in [-0.2, -0.15) is 0 Å². The van der Waals surface area contributed by atoms with Crippen LogP contribution in [0, 0.1) is 23.7 Å². The smallest absolute Gasteiger partial charge is 0.233 e. The zero-order valence-electron chi connectivity index (χ0n) is 10.2. The van der Waals surface area contributed by atoms with Gasteiger partial charge in [0.05, 0.1) is 25.0 Å². The van der Waals surface area contributed by atoms with Crippen LogP contribution < -0.4 is 0 Å². The summed E-state index contributed by atoms with van der Waals surface area (Å²) in [4.78, 5) is 25.7. The van der Waals surface area contributed by atoms with E-state index in [1.54, 1.807) is 0 Å². The van der Waals surface area contributed by atoms with Crippen molar-refractivity contribution in [1.29, 1.82) is 0 Å². The van der Waals surface area contributed by atoms with E-state index < -0.39 is 12.2 Å². The van der Waals surface area contributed by atoms with Crippen molar-refractivity contribution >= 4 is 11.8 Å². The molecule has 0 radical (unpaired) electrons. The number of carbonyl (C=O) groups excluding carboxylic acids is 2. The fourth-order valence-corrected chi connectivity index (χ4v) is 3.51. The van der Waals surface area contributed by atoms with Crippen molar-refractivity contribution in [2.24, 2.45) is 23.7 Å². The summed E-state index contributed by atoms with van der Waals surface area (Å²) in [5.74, 6) is -0.476. The summed E-state index contributed by atoms with van der Waals surface area (Å²) < 4.78 is 0. The molecule has 1 saturated carbocycles. The molecular weight excluding hydrogens is 234 g/mol. The van der Waals surface area contributed by atoms with Crippen LogP contribution in [-0.4, -0.2) is 45.7 Å². The zero-order chi connectivity index (χ0) is 13.1. The van der Waals surface area contributed by atoms with Crippen molar-refractivity contribution in [3.05, 3.63) is 12.2 Å². The van der Waals surface area contributed by atoms with Crippen LogP contribution in [0.1, 0.15) is 13.3 Å². The van der Waals surface area contributed by atoms with Gasteiger partial charge in [0.1, 0.15) is 5.60 Å². The van der Waals surface area contributed by atoms with Gasteiger partial charge in [0.2, 0.25) is 11.8 Å². The highest BCUT2D eigenvalue weighted by atomic mass is 16.3. The average Bonchev–Trinajstić information content (AvgIpc) is 2.99. The first-order valence-corrected chi connectivity index (χ1v) is 6.31. The van der Waals surface area contributed by atoms with E-state index in [9.17, 15) is 14.7 Å². The lowest BCUT2D eigenvalue weighted by molar-refractivity contribution is -0.145. The Labute approximate surface area is 105 Å². The number of likely N-dealkylation sites (tertiary alicyclic amines) is 1. The monoisotopic (exact) mass is 251 g/mol. The lowest BCUT2D eigenvalue weighted by Crippen LogP contribution is -2.46. The van der Waals surface area contributed by atoms with Crippen molar-refractivity contribution in [1.82, 2.24) is 4.90 Å². The first-order chi connectivity index (χ1) is 8.44. The number of carbonyl (C=O) groups is 2. The predicted molar refractivity (Wildman–Crippen MR) is 62.1 cm³/mol. The Morgan fingerprint density at radius 1 is 1.28 bits per heavy atom. The summed E-state index contributed by atoms with van der Waals surface area (Å²) >= 11 is 0. The minimum absolute atomic E-state index is 0.117. The average molecular weight is 251 g/mol. The van der Waals surface area contributed by atoms with Gasteiger partial charge in [-0.3, -0.25) is 14.5 Å². The summed E-state index contributed by atoms with van der Waals surface area (Å²) in [6, 6.07) is 0. The molecule has 2 amide bonds. The number of rotatable bonds is 3. The van der Waals surface area contributed by atoms with Crippen molar-refractivity contribution in [3.63, 3.8) is 0 Å². The number of allylic oxidation sites excluding steroid dienone is 2. The van der Waals surface area contributed by atoms with Crippen molar-refractivity contribution < 1.29 is 19.8 Å². The molecule has 5 unspecified atom stereocenters. The number of amides is 2. The second-order valence-corrected chi connectivity index (χ2v) is 5.92. The maximum Gasteiger partial charge on any atom is 0.233 e. The second kappa shape index (κ2) is 3.65. The van der Waals surface area contributed by atoms with Gasteiger partial charge < -0.3 is 10.2 Å². The lowest BCUT2D eigenvalue weighted by atomic mass is 9.85. The Hall–Kier alpha value is -1.20. The number of hydrogen-bond donors (Lipinski definition) is 2. The molecule has 18 heavy (non-hydrogen) atoms. The minimum Gasteiger partial charge on any atom is -0.393 e. The van der Waals surface area contributed by atoms with Crippen molar-refractivity contribution in [3.8, 4) is 0 Å². The van der Waals surface area contributed by atoms with Crippen LogP contribution in [0.4, 0.5) is 0 Å². The number of hydrogen-bond acceptors (Lipinski definition) is 4. The van der Waals surface area contributed by atoms with E-state index in [2.05, 4.69) is 0 Å². The summed E-state index contributed by atoms with van der Waals surface area (Å²) in [6.45, 7) is 0.840. The van der Waals surface area contributed by atoms with Crippen LogP contribution in [0.5, 0.6) is 0 Å². The Kier molecular flexibility index (Phi) is 2.40. The van der Waals surface area contributed by atoms with Gasteiger partial charge in [-0.15, -0.1) is 0 Å². The van der Waals surface area contributed by atoms with Gasteiger partial charge >= 0.3 is 0 Å². The van der Waals surface area contributed by atoms with Gasteiger partial charge in [-0.1, -0.05) is 12.2 Å². The summed E-state index contributed by atoms with van der Waals surface area (Å²) in [5.41, 5.74) is -1.42. The molecule has 5 nitrogen and oxygen atoms in total. The molecular formula is C13H17NO4. The molecule has 98 valence electrons. The molecule has 0 aromatic carbocycles. The number of fused-ring (bicyclic) bond motifs is 5. The van der Waals surface area contributed by atoms with Crippen LogP contribution in [-0.2, 0) is 9.59 Å². The summed E-state index contributed by atoms with van der Waals surface area (Å²) in [7, 11) is 0. The van der Waals surface area contributed by atoms with E-state index in [-0.39, 0.29) is 42.0 Å². The van der Waals surface area contributed by atoms with E-state index in [1.165, 1.54) is 6.92 Å². The Morgan fingerprint density at radius 2 is 1.78 bits per heavy atom. The summed E-state index contributed by atoms with van der Waals surface area (Å²) in [6.07, 6.45) is 4.96. The van der Waals surface area contributed by atoms with Crippen molar-refractivity contribution in [2.75, 3.05) is 13.2 Å². The third-order valence-corrected chi connectivity index (χ3v) is 4.40. The predicted octanol–water partition coefficient (Wildman–Crippen LogP) is -0.463. The molecule has 0 spiro atoms. The quantitative estimate of drug-likeness (QED) is 0.525. The standard InChI is InChI=1S/C13H17NO4/c1-13(18,6-15)5-14-11(16)9-7-2-3-8(4-7)10(9)12(14)17/h2-3,7-10,15,18H,4-6H2,1H3. The minimum atomic E-state index is -1.42. The lowest BCUT2D eigenvalue weighted by Gasteiger charge is -2.26. The molecule has 0 aromatic heterocycles. The van der Waals surface area contributed by atoms with Gasteiger partial charge in [-0.05, 0) is 25.2 Å². The highest BCUT2D eigenvalue weighted by molar-refractivity contribution is 6.06. The van der Waals surface area contributed by atoms with E-state index in [1.807, 2.05) is 12.2 Å². The van der Waals surface area contributed by atoms with Crippen LogP contribution in [0.2, 0.25) is 0 Å². The molecule has 5 heteroatoms. The van der Waals surface area contributed by atoms with E-state index in [4.69, 9.17) is 5.11 Å². The van der Waals surface area contributed by atoms with E-state index in [0.717, 1.165) is 11.3 Å². The number of nitrogens with zero attached hydrogens (tertiary/aromatic N) is 1. The van der Waals surface area contributed by atoms with Gasteiger partial charge in [0.25, 0.3) is 0 Å². The Balaban J connectivity index is 1.84. The van der Waals surface area contributed by atoms with E-state index in [0.29, 0.717) is 0 Å². The molecule has 1 aliphatic heterocycles. The van der Waals surface area contributed by atoms with Gasteiger partial charge in [0.15, 0.2) is 0 Å². The molecule has 2 N–H and O–H groups in total. The molecule has 3 rings (SSSR count). The Morgan fingerprint density at radius 3 is 2.22 bits per heavy atom. The molecule has 2 fully saturated rings. The zero-order valence-corrected chi connectivity index (χ0v) is 10.2. The normalized spacial score (nSPS) is 40.5. The molecule has 1 heterocycles. The molecule has 5 atom stereocenters. The number of aliphatic hydroxyl groups excluding tert-OH is 1. The molecule has 1 saturated heterocycles. The first-order valence-electron chi connectivity index (χ1n) is 6.31. The fraction of sp³-hybridized carbons (Fsp3) is 0.692. The molecule has 0 aromatic rings. The molecule has 3 aliphatic rings. The number of aliphatic hydroxyl groups is 2.